The molecule has 3 rings (SSSR count). The number of aryl methyl sites for hydroxylation is 1. The molecule has 7 heteroatoms. The van der Waals surface area contributed by atoms with Gasteiger partial charge in [0.2, 0.25) is 5.88 Å². The molecule has 0 spiro atoms. The largest absolute Gasteiger partial charge is 0.483 e. The summed E-state index contributed by atoms with van der Waals surface area (Å²) in [7, 11) is 0. The molecule has 0 amide bonds. The molecule has 5 nitrogen and oxygen atoms in total. The van der Waals surface area contributed by atoms with Crippen molar-refractivity contribution < 1.29 is 27.8 Å². The molecule has 0 unspecified atom stereocenters. The van der Waals surface area contributed by atoms with E-state index in [0.717, 1.165) is 12.1 Å². The average molecular weight is 413 g/mol. The molecule has 1 heterocycles. The van der Waals surface area contributed by atoms with Gasteiger partial charge in [-0.25, -0.2) is 13.8 Å². The quantitative estimate of drug-likeness (QED) is 0.450. The molecule has 156 valence electrons. The van der Waals surface area contributed by atoms with Gasteiger partial charge in [0.1, 0.15) is 12.4 Å². The summed E-state index contributed by atoms with van der Waals surface area (Å²) < 4.78 is 44.5. The Hall–Kier alpha value is -3.48. The smallest absolute Gasteiger partial charge is 0.306 e. The highest BCUT2D eigenvalue weighted by Gasteiger charge is 2.14. The molecule has 0 aliphatic carbocycles. The summed E-state index contributed by atoms with van der Waals surface area (Å²) in [5.74, 6) is -1.56. The van der Waals surface area contributed by atoms with Gasteiger partial charge in [0, 0.05) is 18.7 Å². The molecular formula is C23H21F2NO4. The van der Waals surface area contributed by atoms with E-state index in [-0.39, 0.29) is 26.1 Å². The predicted octanol–water partition coefficient (Wildman–Crippen LogP) is 5.23. The molecule has 0 radical (unpaired) electrons. The van der Waals surface area contributed by atoms with Crippen molar-refractivity contribution in [2.75, 3.05) is 6.61 Å². The topological polar surface area (TPSA) is 57.7 Å². The second kappa shape index (κ2) is 10.3. The summed E-state index contributed by atoms with van der Waals surface area (Å²) in [6.07, 6.45) is 1.85. The Morgan fingerprint density at radius 3 is 2.50 bits per heavy atom. The molecule has 3 aromatic rings. The van der Waals surface area contributed by atoms with Crippen molar-refractivity contribution in [2.45, 2.75) is 26.4 Å². The summed E-state index contributed by atoms with van der Waals surface area (Å²) in [6.45, 7) is 1.92. The number of hydrogen-bond donors (Lipinski definition) is 0. The van der Waals surface area contributed by atoms with Crippen LogP contribution in [0.5, 0.6) is 17.4 Å². The van der Waals surface area contributed by atoms with Crippen LogP contribution in [0, 0.1) is 11.6 Å². The fourth-order valence-corrected chi connectivity index (χ4v) is 2.76. The molecule has 30 heavy (non-hydrogen) atoms. The summed E-state index contributed by atoms with van der Waals surface area (Å²) in [5, 5.41) is 0. The number of carbonyl (C=O) groups excluding carboxylic acids is 1. The zero-order chi connectivity index (χ0) is 21.3. The van der Waals surface area contributed by atoms with Crippen LogP contribution < -0.4 is 9.47 Å². The molecule has 0 bridgehead atoms. The molecular weight excluding hydrogens is 392 g/mol. The number of carbonyl (C=O) groups is 1. The van der Waals surface area contributed by atoms with E-state index < -0.39 is 23.4 Å². The van der Waals surface area contributed by atoms with Gasteiger partial charge in [-0.1, -0.05) is 18.2 Å². The zero-order valence-electron chi connectivity index (χ0n) is 16.4. The lowest BCUT2D eigenvalue weighted by atomic mass is 10.1. The van der Waals surface area contributed by atoms with Crippen molar-refractivity contribution in [3.8, 4) is 17.4 Å². The van der Waals surface area contributed by atoms with Crippen LogP contribution in [0.25, 0.3) is 0 Å². The highest BCUT2D eigenvalue weighted by atomic mass is 19.1. The van der Waals surface area contributed by atoms with Gasteiger partial charge in [-0.15, -0.1) is 0 Å². The van der Waals surface area contributed by atoms with Crippen molar-refractivity contribution in [3.63, 3.8) is 0 Å². The molecule has 0 fully saturated rings. The Morgan fingerprint density at radius 1 is 1.00 bits per heavy atom. The van der Waals surface area contributed by atoms with Gasteiger partial charge in [-0.2, -0.15) is 0 Å². The second-order valence-electron chi connectivity index (χ2n) is 6.40. The maximum Gasteiger partial charge on any atom is 0.306 e. The summed E-state index contributed by atoms with van der Waals surface area (Å²) in [4.78, 5) is 15.5. The standard InChI is InChI=1S/C23H21F2NO4/c1-2-28-22(27)10-9-16-13-19(24)23(20(25)14-16)29-15-17-6-5-7-18(12-17)30-21-8-3-4-11-26-21/h3-8,11-14H,2,9-10,15H2,1H3. The number of nitrogens with zero attached hydrogens (tertiary/aromatic N) is 1. The van der Waals surface area contributed by atoms with Crippen molar-refractivity contribution in [1.82, 2.24) is 4.98 Å². The van der Waals surface area contributed by atoms with Crippen LogP contribution in [0.4, 0.5) is 8.78 Å². The van der Waals surface area contributed by atoms with E-state index in [2.05, 4.69) is 4.98 Å². The first-order chi connectivity index (χ1) is 14.5. The number of pyridine rings is 1. The number of aromatic nitrogens is 1. The van der Waals surface area contributed by atoms with Gasteiger partial charge >= 0.3 is 5.97 Å². The van der Waals surface area contributed by atoms with Crippen LogP contribution in [-0.4, -0.2) is 17.6 Å². The molecule has 2 aromatic carbocycles. The number of halogens is 2. The first-order valence-electron chi connectivity index (χ1n) is 9.49. The molecule has 0 aliphatic heterocycles. The average Bonchev–Trinajstić information content (AvgIpc) is 2.73. The summed E-state index contributed by atoms with van der Waals surface area (Å²) in [5.41, 5.74) is 1.03. The number of ether oxygens (including phenoxy) is 3. The Labute approximate surface area is 173 Å². The van der Waals surface area contributed by atoms with E-state index in [1.165, 1.54) is 0 Å². The van der Waals surface area contributed by atoms with E-state index >= 15 is 0 Å². The van der Waals surface area contributed by atoms with Gasteiger partial charge in [0.05, 0.1) is 6.61 Å². The molecule has 0 atom stereocenters. The predicted molar refractivity (Wildman–Crippen MR) is 106 cm³/mol. The van der Waals surface area contributed by atoms with Crippen molar-refractivity contribution in [1.29, 1.82) is 0 Å². The minimum absolute atomic E-state index is 0.0462. The third-order valence-corrected chi connectivity index (χ3v) is 4.12. The lowest BCUT2D eigenvalue weighted by Gasteiger charge is -2.11. The zero-order valence-corrected chi connectivity index (χ0v) is 16.4. The Bertz CT molecular complexity index is 972. The minimum Gasteiger partial charge on any atom is -0.483 e. The van der Waals surface area contributed by atoms with Gasteiger partial charge in [0.25, 0.3) is 0 Å². The Morgan fingerprint density at radius 2 is 1.80 bits per heavy atom. The maximum atomic E-state index is 14.3. The number of hydrogen-bond acceptors (Lipinski definition) is 5. The van der Waals surface area contributed by atoms with E-state index in [1.807, 2.05) is 0 Å². The van der Waals surface area contributed by atoms with Crippen LogP contribution in [0.1, 0.15) is 24.5 Å². The minimum atomic E-state index is -0.824. The van der Waals surface area contributed by atoms with Crippen LogP contribution in [0.3, 0.4) is 0 Å². The van der Waals surface area contributed by atoms with Gasteiger partial charge in [0.15, 0.2) is 17.4 Å². The Balaban J connectivity index is 1.63. The highest BCUT2D eigenvalue weighted by molar-refractivity contribution is 5.69. The maximum absolute atomic E-state index is 14.3. The highest BCUT2D eigenvalue weighted by Crippen LogP contribution is 2.26. The van der Waals surface area contributed by atoms with Crippen LogP contribution in [0.15, 0.2) is 60.8 Å². The molecule has 1 aromatic heterocycles. The van der Waals surface area contributed by atoms with E-state index in [4.69, 9.17) is 14.2 Å². The lowest BCUT2D eigenvalue weighted by molar-refractivity contribution is -0.143. The van der Waals surface area contributed by atoms with E-state index in [9.17, 15) is 13.6 Å². The third-order valence-electron chi connectivity index (χ3n) is 4.12. The first kappa shape index (κ1) is 21.2. The van der Waals surface area contributed by atoms with Crippen LogP contribution in [0.2, 0.25) is 0 Å². The van der Waals surface area contributed by atoms with Crippen molar-refractivity contribution >= 4 is 5.97 Å². The van der Waals surface area contributed by atoms with E-state index in [1.54, 1.807) is 55.6 Å². The Kier molecular flexibility index (Phi) is 7.32. The van der Waals surface area contributed by atoms with Gasteiger partial charge < -0.3 is 14.2 Å². The second-order valence-corrected chi connectivity index (χ2v) is 6.40. The van der Waals surface area contributed by atoms with Gasteiger partial charge in [-0.3, -0.25) is 4.79 Å². The van der Waals surface area contributed by atoms with Crippen LogP contribution >= 0.6 is 0 Å². The number of esters is 1. The molecule has 0 aliphatic rings. The number of benzene rings is 2. The summed E-state index contributed by atoms with van der Waals surface area (Å²) >= 11 is 0. The number of rotatable bonds is 9. The lowest BCUT2D eigenvalue weighted by Crippen LogP contribution is -2.06. The third kappa shape index (κ3) is 6.01. The van der Waals surface area contributed by atoms with E-state index in [0.29, 0.717) is 22.8 Å². The normalized spacial score (nSPS) is 10.5. The first-order valence-corrected chi connectivity index (χ1v) is 9.49. The monoisotopic (exact) mass is 413 g/mol. The fourth-order valence-electron chi connectivity index (χ4n) is 2.76. The van der Waals surface area contributed by atoms with Gasteiger partial charge in [-0.05, 0) is 54.8 Å². The van der Waals surface area contributed by atoms with Crippen molar-refractivity contribution in [2.24, 2.45) is 0 Å². The summed E-state index contributed by atoms with van der Waals surface area (Å²) in [6, 6.07) is 14.6. The fraction of sp³-hybridized carbons (Fsp3) is 0.217. The molecule has 0 saturated carbocycles. The van der Waals surface area contributed by atoms with Crippen LogP contribution in [-0.2, 0) is 22.6 Å². The van der Waals surface area contributed by atoms with Crippen molar-refractivity contribution in [3.05, 3.63) is 83.6 Å². The SMILES string of the molecule is CCOC(=O)CCc1cc(F)c(OCc2cccc(Oc3ccccn3)c2)c(F)c1. The molecule has 0 saturated heterocycles. The molecule has 0 N–H and O–H groups in total.